The maximum atomic E-state index is 12.8. The Morgan fingerprint density at radius 2 is 1.57 bits per heavy atom. The molecule has 6 rings (SSSR count). The Morgan fingerprint density at radius 3 is 2.28 bits per heavy atom. The topological polar surface area (TPSA) is 128 Å². The molecule has 1 saturated heterocycles. The van der Waals surface area contributed by atoms with E-state index >= 15 is 0 Å². The number of ether oxygens (including phenoxy) is 3. The molecule has 1 atom stereocenters. The molecule has 1 aliphatic heterocycles. The molecule has 2 heterocycles. The van der Waals surface area contributed by atoms with Crippen LogP contribution in [0.25, 0.3) is 22.2 Å². The molecule has 53 heavy (non-hydrogen) atoms. The van der Waals surface area contributed by atoms with Crippen LogP contribution in [0, 0.1) is 0 Å². The Hall–Kier alpha value is -4.93. The lowest BCUT2D eigenvalue weighted by Gasteiger charge is -2.42. The van der Waals surface area contributed by atoms with Crippen LogP contribution in [0.1, 0.15) is 124 Å². The second-order valence-corrected chi connectivity index (χ2v) is 17.5. The summed E-state index contributed by atoms with van der Waals surface area (Å²) in [6.07, 6.45) is 2.18. The number of nitrogens with one attached hydrogen (secondary N) is 1. The predicted octanol–water partition coefficient (Wildman–Crippen LogP) is 9.77. The Morgan fingerprint density at radius 1 is 0.887 bits per heavy atom. The normalized spacial score (nSPS) is 18.4. The highest BCUT2D eigenvalue weighted by Gasteiger charge is 2.37. The van der Waals surface area contributed by atoms with Crippen LogP contribution in [0.2, 0.25) is 0 Å². The van der Waals surface area contributed by atoms with Gasteiger partial charge in [-0.1, -0.05) is 69.2 Å². The Bertz CT molecular complexity index is 2030. The monoisotopic (exact) mass is 723 g/mol. The number of nitrogens with zero attached hydrogens (tertiary/aromatic N) is 4. The number of rotatable bonds is 5. The van der Waals surface area contributed by atoms with E-state index in [1.54, 1.807) is 46.4 Å². The number of aliphatic imine (C=N–C) groups is 1. The van der Waals surface area contributed by atoms with E-state index < -0.39 is 29.4 Å². The van der Waals surface area contributed by atoms with Crippen molar-refractivity contribution in [1.29, 1.82) is 0 Å². The third-order valence-corrected chi connectivity index (χ3v) is 9.85. The summed E-state index contributed by atoms with van der Waals surface area (Å²) in [6, 6.07) is 18.5. The van der Waals surface area contributed by atoms with Gasteiger partial charge in [0.05, 0.1) is 0 Å². The highest BCUT2D eigenvalue weighted by atomic mass is 16.6. The number of hydrogen-bond acceptors (Lipinski definition) is 8. The van der Waals surface area contributed by atoms with Gasteiger partial charge in [0.1, 0.15) is 29.6 Å². The summed E-state index contributed by atoms with van der Waals surface area (Å²) in [5.41, 5.74) is 3.65. The van der Waals surface area contributed by atoms with Crippen molar-refractivity contribution >= 4 is 28.9 Å². The van der Waals surface area contributed by atoms with Gasteiger partial charge < -0.3 is 23.6 Å². The first-order valence-corrected chi connectivity index (χ1v) is 18.5. The van der Waals surface area contributed by atoms with E-state index in [4.69, 9.17) is 23.7 Å². The number of hydrogen-bond donors (Lipinski definition) is 1. The molecule has 3 aromatic carbocycles. The minimum Gasteiger partial charge on any atom is -0.489 e. The number of carbonyl (C=O) groups excluding carboxylic acids is 2. The number of guanidine groups is 1. The van der Waals surface area contributed by atoms with Gasteiger partial charge in [-0.15, -0.1) is 4.99 Å². The fourth-order valence-corrected chi connectivity index (χ4v) is 7.04. The molecule has 11 heteroatoms. The summed E-state index contributed by atoms with van der Waals surface area (Å²) >= 11 is 0. The van der Waals surface area contributed by atoms with Gasteiger partial charge in [-0.25, -0.2) is 9.59 Å². The van der Waals surface area contributed by atoms with E-state index in [1.807, 2.05) is 36.4 Å². The Balaban J connectivity index is 1.17. The molecule has 2 amide bonds. The van der Waals surface area contributed by atoms with Crippen molar-refractivity contribution in [3.63, 3.8) is 0 Å². The van der Waals surface area contributed by atoms with Gasteiger partial charge in [0.15, 0.2) is 0 Å². The summed E-state index contributed by atoms with van der Waals surface area (Å²) < 4.78 is 22.9. The van der Waals surface area contributed by atoms with Crippen LogP contribution in [-0.2, 0) is 26.9 Å². The van der Waals surface area contributed by atoms with Crippen LogP contribution in [-0.4, -0.2) is 50.9 Å². The van der Waals surface area contributed by atoms with E-state index in [0.717, 1.165) is 28.5 Å². The van der Waals surface area contributed by atoms with Gasteiger partial charge in [-0.05, 0) is 124 Å². The highest BCUT2D eigenvalue weighted by molar-refractivity contribution is 5.99. The number of alkyl carbamates (subject to hydrolysis) is 1. The number of likely N-dealkylation sites (tertiary alicyclic amines) is 1. The molecular formula is C42H53N5O6. The van der Waals surface area contributed by atoms with Crippen molar-refractivity contribution < 1.29 is 28.3 Å². The van der Waals surface area contributed by atoms with Crippen molar-refractivity contribution in [3.8, 4) is 17.1 Å². The van der Waals surface area contributed by atoms with Crippen molar-refractivity contribution in [3.05, 3.63) is 77.2 Å². The quantitative estimate of drug-likeness (QED) is 0.158. The molecule has 0 spiro atoms. The van der Waals surface area contributed by atoms with Crippen LogP contribution in [0.5, 0.6) is 5.75 Å². The summed E-state index contributed by atoms with van der Waals surface area (Å²) in [7, 11) is 0. The molecule has 0 bridgehead atoms. The largest absolute Gasteiger partial charge is 0.489 e. The van der Waals surface area contributed by atoms with Gasteiger partial charge >= 0.3 is 12.2 Å². The van der Waals surface area contributed by atoms with E-state index in [0.29, 0.717) is 31.3 Å². The fraction of sp³-hybridized carbons (Fsp3) is 0.500. The lowest BCUT2D eigenvalue weighted by molar-refractivity contribution is 0.0552. The van der Waals surface area contributed by atoms with Crippen LogP contribution in [0.3, 0.4) is 0 Å². The zero-order valence-corrected chi connectivity index (χ0v) is 32.8. The van der Waals surface area contributed by atoms with Crippen molar-refractivity contribution in [2.24, 2.45) is 4.99 Å². The molecule has 1 unspecified atom stereocenters. The molecule has 2 aliphatic rings. The van der Waals surface area contributed by atoms with Gasteiger partial charge in [-0.2, -0.15) is 4.98 Å². The molecule has 1 aromatic heterocycles. The first kappa shape index (κ1) is 37.8. The summed E-state index contributed by atoms with van der Waals surface area (Å²) in [6.45, 7) is 20.9. The van der Waals surface area contributed by atoms with Crippen molar-refractivity contribution in [2.45, 2.75) is 130 Å². The van der Waals surface area contributed by atoms with Crippen molar-refractivity contribution in [1.82, 2.24) is 20.4 Å². The van der Waals surface area contributed by atoms with Crippen LogP contribution in [0.15, 0.2) is 64.1 Å². The molecule has 0 radical (unpaired) electrons. The van der Waals surface area contributed by atoms with Crippen molar-refractivity contribution in [2.75, 3.05) is 6.54 Å². The Kier molecular flexibility index (Phi) is 10.1. The molecule has 1 N–H and O–H groups in total. The average molecular weight is 724 g/mol. The fourth-order valence-electron chi connectivity index (χ4n) is 7.04. The van der Waals surface area contributed by atoms with Gasteiger partial charge in [-0.3, -0.25) is 5.32 Å². The minimum absolute atomic E-state index is 0.00103. The standard InChI is InChI=1S/C42H53N5O6/c1-39(2,3)51-37(48)44-36(45-38(49)52-40(4,5)6)47-21-11-12-33(47)35-43-34(46-53-35)29-15-14-28-24-30(17-16-27(28)23-29)50-25-26-13-18-31-32(22-26)42(9,10)20-19-41(31,7)8/h13-18,22-24,33H,11-12,19-21,25H2,1-10H3,(H,44,45,48,49). The lowest BCUT2D eigenvalue weighted by atomic mass is 9.63. The minimum atomic E-state index is -0.836. The van der Waals surface area contributed by atoms with Crippen LogP contribution < -0.4 is 10.1 Å². The molecular weight excluding hydrogens is 670 g/mol. The summed E-state index contributed by atoms with van der Waals surface area (Å²) in [5.74, 6) is 1.57. The highest BCUT2D eigenvalue weighted by Crippen LogP contribution is 2.46. The maximum Gasteiger partial charge on any atom is 0.437 e. The first-order valence-electron chi connectivity index (χ1n) is 18.5. The zero-order valence-electron chi connectivity index (χ0n) is 32.8. The number of fused-ring (bicyclic) bond motifs is 2. The van der Waals surface area contributed by atoms with E-state index in [1.165, 1.54) is 29.5 Å². The van der Waals surface area contributed by atoms with Gasteiger partial charge in [0.25, 0.3) is 0 Å². The molecule has 282 valence electrons. The van der Waals surface area contributed by atoms with Crippen LogP contribution in [0.4, 0.5) is 9.59 Å². The van der Waals surface area contributed by atoms with E-state index in [-0.39, 0.29) is 16.8 Å². The van der Waals surface area contributed by atoms with E-state index in [2.05, 4.69) is 61.4 Å². The van der Waals surface area contributed by atoms with Crippen LogP contribution >= 0.6 is 0 Å². The summed E-state index contributed by atoms with van der Waals surface area (Å²) in [4.78, 5) is 36.2. The second kappa shape index (κ2) is 14.1. The number of amides is 2. The molecule has 1 aliphatic carbocycles. The Labute approximate surface area is 312 Å². The SMILES string of the molecule is CC(C)(C)OC(=O)N=C(NC(=O)OC(C)(C)C)N1CCCC1c1nc(-c2ccc3cc(OCc4ccc5c(c4)C(C)(C)CCC5(C)C)ccc3c2)no1. The third kappa shape index (κ3) is 9.00. The number of aromatic nitrogens is 2. The van der Waals surface area contributed by atoms with Gasteiger partial charge in [0, 0.05) is 12.1 Å². The van der Waals surface area contributed by atoms with Gasteiger partial charge in [0.2, 0.25) is 17.7 Å². The first-order chi connectivity index (χ1) is 24.8. The number of carbonyl (C=O) groups is 2. The number of benzene rings is 3. The molecule has 4 aromatic rings. The zero-order chi connectivity index (χ0) is 38.3. The smallest absolute Gasteiger partial charge is 0.437 e. The lowest BCUT2D eigenvalue weighted by Crippen LogP contribution is -2.46. The predicted molar refractivity (Wildman–Crippen MR) is 205 cm³/mol. The maximum absolute atomic E-state index is 12.8. The summed E-state index contributed by atoms with van der Waals surface area (Å²) in [5, 5.41) is 8.98. The second-order valence-electron chi connectivity index (χ2n) is 17.5. The van der Waals surface area contributed by atoms with E-state index in [9.17, 15) is 9.59 Å². The molecule has 1 fully saturated rings. The molecule has 11 nitrogen and oxygen atoms in total. The third-order valence-electron chi connectivity index (χ3n) is 9.85. The molecule has 0 saturated carbocycles. The average Bonchev–Trinajstić information content (AvgIpc) is 3.74.